The lowest BCUT2D eigenvalue weighted by molar-refractivity contribution is 0.599. The zero-order chi connectivity index (χ0) is 14.8. The van der Waals surface area contributed by atoms with Crippen molar-refractivity contribution >= 4 is 5.69 Å². The van der Waals surface area contributed by atoms with Gasteiger partial charge in [-0.05, 0) is 35.1 Å². The molecule has 2 aromatic rings. The van der Waals surface area contributed by atoms with Gasteiger partial charge in [-0.3, -0.25) is 0 Å². The van der Waals surface area contributed by atoms with Gasteiger partial charge in [0.15, 0.2) is 0 Å². The molecule has 0 saturated carbocycles. The number of hydrogen-bond donors (Lipinski definition) is 1. The maximum atomic E-state index is 6.22. The lowest BCUT2D eigenvalue weighted by atomic mass is 9.97. The first-order valence-corrected chi connectivity index (χ1v) is 7.81. The number of para-hydroxylation sites is 1. The molecular weight excluding hydrogens is 256 g/mol. The van der Waals surface area contributed by atoms with Crippen molar-refractivity contribution in [1.82, 2.24) is 0 Å². The number of nitrogens with two attached hydrogens (primary N) is 1. The second-order valence-corrected chi connectivity index (χ2v) is 6.37. The van der Waals surface area contributed by atoms with E-state index in [0.29, 0.717) is 5.92 Å². The standard InChI is InChI=1S/C19H24N2/c1-14(2)16-9-7-15(8-10-16)12-21-13-18(20)11-17-5-3-4-6-19(17)21/h3-10,14,18H,11-13,20H2,1-2H3. The first-order valence-electron chi connectivity index (χ1n) is 7.81. The Morgan fingerprint density at radius 2 is 1.81 bits per heavy atom. The predicted molar refractivity (Wildman–Crippen MR) is 89.7 cm³/mol. The summed E-state index contributed by atoms with van der Waals surface area (Å²) in [4.78, 5) is 2.41. The second-order valence-electron chi connectivity index (χ2n) is 6.37. The maximum Gasteiger partial charge on any atom is 0.0430 e. The van der Waals surface area contributed by atoms with Gasteiger partial charge in [0.25, 0.3) is 0 Å². The minimum atomic E-state index is 0.231. The molecular formula is C19H24N2. The Hall–Kier alpha value is -1.80. The highest BCUT2D eigenvalue weighted by Gasteiger charge is 2.21. The highest BCUT2D eigenvalue weighted by Crippen LogP contribution is 2.28. The summed E-state index contributed by atoms with van der Waals surface area (Å²) in [5, 5.41) is 0. The summed E-state index contributed by atoms with van der Waals surface area (Å²) >= 11 is 0. The van der Waals surface area contributed by atoms with Crippen LogP contribution in [0.2, 0.25) is 0 Å². The lowest BCUT2D eigenvalue weighted by Gasteiger charge is -2.34. The molecule has 21 heavy (non-hydrogen) atoms. The summed E-state index contributed by atoms with van der Waals surface area (Å²) in [7, 11) is 0. The molecule has 0 aromatic heterocycles. The van der Waals surface area contributed by atoms with Crippen LogP contribution in [0.4, 0.5) is 5.69 Å². The fourth-order valence-electron chi connectivity index (χ4n) is 3.10. The molecule has 2 heteroatoms. The van der Waals surface area contributed by atoms with E-state index in [0.717, 1.165) is 19.5 Å². The largest absolute Gasteiger partial charge is 0.365 e. The Balaban J connectivity index is 1.81. The van der Waals surface area contributed by atoms with E-state index in [1.807, 2.05) is 0 Å². The van der Waals surface area contributed by atoms with Gasteiger partial charge in [-0.2, -0.15) is 0 Å². The average Bonchev–Trinajstić information content (AvgIpc) is 2.47. The van der Waals surface area contributed by atoms with Crippen LogP contribution in [0.5, 0.6) is 0 Å². The molecule has 2 N–H and O–H groups in total. The fraction of sp³-hybridized carbons (Fsp3) is 0.368. The van der Waals surface area contributed by atoms with Gasteiger partial charge in [0, 0.05) is 24.8 Å². The van der Waals surface area contributed by atoms with Gasteiger partial charge in [-0.15, -0.1) is 0 Å². The molecule has 1 unspecified atom stereocenters. The molecule has 1 atom stereocenters. The molecule has 0 radical (unpaired) electrons. The van der Waals surface area contributed by atoms with E-state index in [1.54, 1.807) is 0 Å². The number of anilines is 1. The summed E-state index contributed by atoms with van der Waals surface area (Å²) in [6.07, 6.45) is 0.985. The summed E-state index contributed by atoms with van der Waals surface area (Å²) in [6.45, 7) is 6.33. The van der Waals surface area contributed by atoms with Crippen molar-refractivity contribution < 1.29 is 0 Å². The van der Waals surface area contributed by atoms with Crippen LogP contribution in [-0.2, 0) is 13.0 Å². The van der Waals surface area contributed by atoms with E-state index in [1.165, 1.54) is 22.4 Å². The average molecular weight is 280 g/mol. The van der Waals surface area contributed by atoms with E-state index >= 15 is 0 Å². The Kier molecular flexibility index (Phi) is 3.98. The van der Waals surface area contributed by atoms with Gasteiger partial charge in [0.05, 0.1) is 0 Å². The number of nitrogens with zero attached hydrogens (tertiary/aromatic N) is 1. The first kappa shape index (κ1) is 14.2. The minimum absolute atomic E-state index is 0.231. The SMILES string of the molecule is CC(C)c1ccc(CN2CC(N)Cc3ccccc32)cc1. The van der Waals surface area contributed by atoms with Crippen molar-refractivity contribution in [3.05, 3.63) is 65.2 Å². The monoisotopic (exact) mass is 280 g/mol. The molecule has 2 aromatic carbocycles. The van der Waals surface area contributed by atoms with E-state index in [4.69, 9.17) is 5.73 Å². The molecule has 1 aliphatic heterocycles. The van der Waals surface area contributed by atoms with Gasteiger partial charge in [-0.1, -0.05) is 56.3 Å². The fourth-order valence-corrected chi connectivity index (χ4v) is 3.10. The van der Waals surface area contributed by atoms with Gasteiger partial charge in [0.2, 0.25) is 0 Å². The Bertz CT molecular complexity index is 601. The Morgan fingerprint density at radius 3 is 2.52 bits per heavy atom. The second kappa shape index (κ2) is 5.90. The van der Waals surface area contributed by atoms with Crippen molar-refractivity contribution in [2.75, 3.05) is 11.4 Å². The molecule has 0 aliphatic carbocycles. The van der Waals surface area contributed by atoms with E-state index in [-0.39, 0.29) is 6.04 Å². The van der Waals surface area contributed by atoms with Crippen LogP contribution in [0.15, 0.2) is 48.5 Å². The molecule has 0 saturated heterocycles. The van der Waals surface area contributed by atoms with Crippen molar-refractivity contribution in [2.45, 2.75) is 38.8 Å². The Morgan fingerprint density at radius 1 is 1.10 bits per heavy atom. The molecule has 0 bridgehead atoms. The molecule has 0 amide bonds. The summed E-state index contributed by atoms with van der Waals surface area (Å²) in [5.41, 5.74) is 11.7. The number of benzene rings is 2. The molecule has 3 rings (SSSR count). The van der Waals surface area contributed by atoms with E-state index in [2.05, 4.69) is 67.3 Å². The lowest BCUT2D eigenvalue weighted by Crippen LogP contribution is -2.42. The molecule has 1 heterocycles. The van der Waals surface area contributed by atoms with Crippen LogP contribution in [-0.4, -0.2) is 12.6 Å². The predicted octanol–water partition coefficient (Wildman–Crippen LogP) is 3.70. The third kappa shape index (κ3) is 3.11. The van der Waals surface area contributed by atoms with Crippen LogP contribution < -0.4 is 10.6 Å². The van der Waals surface area contributed by atoms with Crippen molar-refractivity contribution in [2.24, 2.45) is 5.73 Å². The van der Waals surface area contributed by atoms with E-state index < -0.39 is 0 Å². The smallest absolute Gasteiger partial charge is 0.0430 e. The summed E-state index contributed by atoms with van der Waals surface area (Å²) < 4.78 is 0. The van der Waals surface area contributed by atoms with Crippen LogP contribution in [0.25, 0.3) is 0 Å². The van der Waals surface area contributed by atoms with Gasteiger partial charge >= 0.3 is 0 Å². The zero-order valence-corrected chi connectivity index (χ0v) is 12.9. The maximum absolute atomic E-state index is 6.22. The van der Waals surface area contributed by atoms with Crippen LogP contribution in [0.3, 0.4) is 0 Å². The highest BCUT2D eigenvalue weighted by atomic mass is 15.2. The number of hydrogen-bond acceptors (Lipinski definition) is 2. The molecule has 0 fully saturated rings. The van der Waals surface area contributed by atoms with Gasteiger partial charge in [-0.25, -0.2) is 0 Å². The van der Waals surface area contributed by atoms with Gasteiger partial charge in [0.1, 0.15) is 0 Å². The molecule has 0 spiro atoms. The molecule has 1 aliphatic rings. The first-order chi connectivity index (χ1) is 10.1. The molecule has 2 nitrogen and oxygen atoms in total. The third-order valence-electron chi connectivity index (χ3n) is 4.29. The van der Waals surface area contributed by atoms with Crippen LogP contribution in [0, 0.1) is 0 Å². The number of fused-ring (bicyclic) bond motifs is 1. The quantitative estimate of drug-likeness (QED) is 0.929. The van der Waals surface area contributed by atoms with Crippen molar-refractivity contribution in [3.63, 3.8) is 0 Å². The normalized spacial score (nSPS) is 17.9. The highest BCUT2D eigenvalue weighted by molar-refractivity contribution is 5.56. The topological polar surface area (TPSA) is 29.3 Å². The summed E-state index contributed by atoms with van der Waals surface area (Å²) in [5.74, 6) is 0.586. The van der Waals surface area contributed by atoms with Gasteiger partial charge < -0.3 is 10.6 Å². The Labute approximate surface area is 127 Å². The van der Waals surface area contributed by atoms with E-state index in [9.17, 15) is 0 Å². The molecule has 110 valence electrons. The van der Waals surface area contributed by atoms with Crippen LogP contribution in [0.1, 0.15) is 36.5 Å². The summed E-state index contributed by atoms with van der Waals surface area (Å²) in [6, 6.07) is 17.8. The third-order valence-corrected chi connectivity index (χ3v) is 4.29. The van der Waals surface area contributed by atoms with Crippen molar-refractivity contribution in [3.8, 4) is 0 Å². The zero-order valence-electron chi connectivity index (χ0n) is 12.9. The van der Waals surface area contributed by atoms with Crippen molar-refractivity contribution in [1.29, 1.82) is 0 Å². The minimum Gasteiger partial charge on any atom is -0.365 e. The number of rotatable bonds is 3. The van der Waals surface area contributed by atoms with Crippen LogP contribution >= 0.6 is 0 Å².